The van der Waals surface area contributed by atoms with Crippen LogP contribution in [0.5, 0.6) is 0 Å². The molecule has 4 heteroatoms. The van der Waals surface area contributed by atoms with Gasteiger partial charge in [0.1, 0.15) is 10.4 Å². The molecule has 3 nitrogen and oxygen atoms in total. The molecule has 1 saturated heterocycles. The van der Waals surface area contributed by atoms with E-state index in [1.165, 1.54) is 12.8 Å². The van der Waals surface area contributed by atoms with Crippen molar-refractivity contribution in [1.82, 2.24) is 9.88 Å². The fraction of sp³-hybridized carbons (Fsp3) is 0.583. The summed E-state index contributed by atoms with van der Waals surface area (Å²) in [4.78, 5) is 6.81. The van der Waals surface area contributed by atoms with Crippen molar-refractivity contribution in [2.24, 2.45) is 0 Å². The molecular formula is C12H18BrN3. The maximum atomic E-state index is 4.40. The Morgan fingerprint density at radius 1 is 1.50 bits per heavy atom. The van der Waals surface area contributed by atoms with Crippen LogP contribution < -0.4 is 5.32 Å². The molecule has 88 valence electrons. The van der Waals surface area contributed by atoms with Gasteiger partial charge in [0.2, 0.25) is 0 Å². The lowest BCUT2D eigenvalue weighted by Crippen LogP contribution is -2.42. The molecule has 2 unspecified atom stereocenters. The van der Waals surface area contributed by atoms with Gasteiger partial charge in [0.05, 0.1) is 0 Å². The van der Waals surface area contributed by atoms with Crippen LogP contribution in [0.2, 0.25) is 0 Å². The molecule has 1 aromatic heterocycles. The maximum absolute atomic E-state index is 4.40. The number of anilines is 1. The van der Waals surface area contributed by atoms with E-state index < -0.39 is 0 Å². The van der Waals surface area contributed by atoms with Crippen LogP contribution in [0.4, 0.5) is 5.82 Å². The lowest BCUT2D eigenvalue weighted by molar-refractivity contribution is 0.190. The van der Waals surface area contributed by atoms with Crippen molar-refractivity contribution in [3.63, 3.8) is 0 Å². The normalized spacial score (nSPS) is 26.7. The third-order valence-corrected chi connectivity index (χ3v) is 3.72. The Labute approximate surface area is 105 Å². The SMILES string of the molecule is CC1CC(Nc2cccc(Br)n2)CCN1C. The second-order valence-corrected chi connectivity index (χ2v) is 5.35. The van der Waals surface area contributed by atoms with Gasteiger partial charge < -0.3 is 10.2 Å². The zero-order chi connectivity index (χ0) is 11.5. The summed E-state index contributed by atoms with van der Waals surface area (Å²) >= 11 is 3.39. The lowest BCUT2D eigenvalue weighted by atomic mass is 9.99. The highest BCUT2D eigenvalue weighted by Gasteiger charge is 2.22. The van der Waals surface area contributed by atoms with Gasteiger partial charge in [0, 0.05) is 18.6 Å². The van der Waals surface area contributed by atoms with Crippen LogP contribution in [0.1, 0.15) is 19.8 Å². The van der Waals surface area contributed by atoms with Crippen LogP contribution in [-0.2, 0) is 0 Å². The fourth-order valence-corrected chi connectivity index (χ4v) is 2.46. The highest BCUT2D eigenvalue weighted by Crippen LogP contribution is 2.19. The second-order valence-electron chi connectivity index (χ2n) is 4.54. The summed E-state index contributed by atoms with van der Waals surface area (Å²) < 4.78 is 0.887. The van der Waals surface area contributed by atoms with Crippen molar-refractivity contribution >= 4 is 21.7 Å². The van der Waals surface area contributed by atoms with E-state index in [1.54, 1.807) is 0 Å². The molecule has 1 aliphatic heterocycles. The van der Waals surface area contributed by atoms with Crippen molar-refractivity contribution in [2.75, 3.05) is 18.9 Å². The summed E-state index contributed by atoms with van der Waals surface area (Å²) in [5, 5.41) is 3.50. The Morgan fingerprint density at radius 3 is 3.00 bits per heavy atom. The van der Waals surface area contributed by atoms with Crippen molar-refractivity contribution in [3.05, 3.63) is 22.8 Å². The van der Waals surface area contributed by atoms with Gasteiger partial charge in [-0.1, -0.05) is 6.07 Å². The molecule has 0 radical (unpaired) electrons. The van der Waals surface area contributed by atoms with Gasteiger partial charge in [-0.3, -0.25) is 0 Å². The summed E-state index contributed by atoms with van der Waals surface area (Å²) in [7, 11) is 2.19. The molecule has 0 aromatic carbocycles. The molecule has 0 saturated carbocycles. The third kappa shape index (κ3) is 2.95. The summed E-state index contributed by atoms with van der Waals surface area (Å²) in [6.45, 7) is 3.44. The predicted molar refractivity (Wildman–Crippen MR) is 70.7 cm³/mol. The van der Waals surface area contributed by atoms with Crippen molar-refractivity contribution in [2.45, 2.75) is 31.8 Å². The molecule has 1 aliphatic rings. The molecule has 2 rings (SSSR count). The van der Waals surface area contributed by atoms with E-state index >= 15 is 0 Å². The molecule has 0 aliphatic carbocycles. The molecule has 0 amide bonds. The van der Waals surface area contributed by atoms with E-state index in [1.807, 2.05) is 18.2 Å². The molecule has 1 N–H and O–H groups in total. The van der Waals surface area contributed by atoms with Crippen LogP contribution in [0.3, 0.4) is 0 Å². The van der Waals surface area contributed by atoms with Crippen LogP contribution >= 0.6 is 15.9 Å². The number of likely N-dealkylation sites (tertiary alicyclic amines) is 1. The minimum atomic E-state index is 0.549. The Balaban J connectivity index is 1.95. The zero-order valence-corrected chi connectivity index (χ0v) is 11.4. The van der Waals surface area contributed by atoms with Gasteiger partial charge in [-0.25, -0.2) is 4.98 Å². The van der Waals surface area contributed by atoms with E-state index in [0.29, 0.717) is 12.1 Å². The van der Waals surface area contributed by atoms with Crippen LogP contribution in [0, 0.1) is 0 Å². The first-order chi connectivity index (χ1) is 7.65. The number of aromatic nitrogens is 1. The number of nitrogens with zero attached hydrogens (tertiary/aromatic N) is 2. The smallest absolute Gasteiger partial charge is 0.127 e. The first kappa shape index (κ1) is 11.9. The van der Waals surface area contributed by atoms with E-state index in [4.69, 9.17) is 0 Å². The molecule has 2 atom stereocenters. The Kier molecular flexibility index (Phi) is 3.82. The summed E-state index contributed by atoms with van der Waals surface area (Å²) in [6.07, 6.45) is 2.37. The average Bonchev–Trinajstić information content (AvgIpc) is 2.24. The summed E-state index contributed by atoms with van der Waals surface area (Å²) in [5.74, 6) is 0.969. The van der Waals surface area contributed by atoms with E-state index in [0.717, 1.165) is 17.0 Å². The van der Waals surface area contributed by atoms with Crippen LogP contribution in [0.25, 0.3) is 0 Å². The minimum Gasteiger partial charge on any atom is -0.367 e. The van der Waals surface area contributed by atoms with Gasteiger partial charge >= 0.3 is 0 Å². The monoisotopic (exact) mass is 283 g/mol. The quantitative estimate of drug-likeness (QED) is 0.846. The topological polar surface area (TPSA) is 28.2 Å². The van der Waals surface area contributed by atoms with E-state index in [2.05, 4.69) is 45.1 Å². The second kappa shape index (κ2) is 5.15. The summed E-state index contributed by atoms with van der Waals surface area (Å²) in [5.41, 5.74) is 0. The predicted octanol–water partition coefficient (Wildman–Crippen LogP) is 2.74. The molecule has 2 heterocycles. The first-order valence-corrected chi connectivity index (χ1v) is 6.54. The van der Waals surface area contributed by atoms with Gasteiger partial charge in [-0.15, -0.1) is 0 Å². The minimum absolute atomic E-state index is 0.549. The standard InChI is InChI=1S/C12H18BrN3/c1-9-8-10(6-7-16(9)2)14-12-5-3-4-11(13)15-12/h3-5,9-10H,6-8H2,1-2H3,(H,14,15). The van der Waals surface area contributed by atoms with E-state index in [-0.39, 0.29) is 0 Å². The number of piperidine rings is 1. The van der Waals surface area contributed by atoms with Crippen LogP contribution in [0.15, 0.2) is 22.8 Å². The van der Waals surface area contributed by atoms with Gasteiger partial charge in [-0.05, 0) is 54.9 Å². The lowest BCUT2D eigenvalue weighted by Gasteiger charge is -2.35. The Morgan fingerprint density at radius 2 is 2.31 bits per heavy atom. The van der Waals surface area contributed by atoms with Crippen LogP contribution in [-0.4, -0.2) is 35.6 Å². The highest BCUT2D eigenvalue weighted by molar-refractivity contribution is 9.10. The molecule has 0 spiro atoms. The summed E-state index contributed by atoms with van der Waals surface area (Å²) in [6, 6.07) is 7.18. The molecule has 1 fully saturated rings. The van der Waals surface area contributed by atoms with Gasteiger partial charge in [-0.2, -0.15) is 0 Å². The number of hydrogen-bond acceptors (Lipinski definition) is 3. The number of halogens is 1. The van der Waals surface area contributed by atoms with Gasteiger partial charge in [0.25, 0.3) is 0 Å². The number of pyridine rings is 1. The first-order valence-electron chi connectivity index (χ1n) is 5.74. The molecule has 16 heavy (non-hydrogen) atoms. The Hall–Kier alpha value is -0.610. The average molecular weight is 284 g/mol. The molecular weight excluding hydrogens is 266 g/mol. The number of nitrogens with one attached hydrogen (secondary N) is 1. The third-order valence-electron chi connectivity index (χ3n) is 3.28. The number of rotatable bonds is 2. The van der Waals surface area contributed by atoms with Gasteiger partial charge in [0.15, 0.2) is 0 Å². The largest absolute Gasteiger partial charge is 0.367 e. The van der Waals surface area contributed by atoms with Crippen molar-refractivity contribution < 1.29 is 0 Å². The van der Waals surface area contributed by atoms with Crippen molar-refractivity contribution in [1.29, 1.82) is 0 Å². The molecule has 1 aromatic rings. The zero-order valence-electron chi connectivity index (χ0n) is 9.78. The number of hydrogen-bond donors (Lipinski definition) is 1. The maximum Gasteiger partial charge on any atom is 0.127 e. The molecule has 0 bridgehead atoms. The van der Waals surface area contributed by atoms with E-state index in [9.17, 15) is 0 Å². The fourth-order valence-electron chi connectivity index (χ4n) is 2.12. The Bertz CT molecular complexity index is 356. The highest BCUT2D eigenvalue weighted by atomic mass is 79.9. The van der Waals surface area contributed by atoms with Crippen molar-refractivity contribution in [3.8, 4) is 0 Å².